The first kappa shape index (κ1) is 13.3. The fourth-order valence-electron chi connectivity index (χ4n) is 1.10. The number of nitriles is 1. The molecule has 1 amide bonds. The fourth-order valence-corrected chi connectivity index (χ4v) is 1.35. The zero-order valence-electron chi connectivity index (χ0n) is 8.25. The van der Waals surface area contributed by atoms with Gasteiger partial charge in [-0.15, -0.1) is 0 Å². The number of hydrogen-bond donors (Lipinski definition) is 1. The normalized spacial score (nSPS) is 12.6. The highest BCUT2D eigenvalue weighted by Gasteiger charge is 2.40. The van der Waals surface area contributed by atoms with Crippen LogP contribution in [0.4, 0.5) is 13.2 Å². The molecule has 0 aliphatic carbocycles. The van der Waals surface area contributed by atoms with Crippen molar-refractivity contribution in [1.82, 2.24) is 5.32 Å². The van der Waals surface area contributed by atoms with E-state index < -0.39 is 18.1 Å². The first-order chi connectivity index (χ1) is 7.86. The number of alkyl halides is 3. The van der Waals surface area contributed by atoms with Crippen LogP contribution in [0.25, 0.3) is 0 Å². The van der Waals surface area contributed by atoms with Crippen LogP contribution >= 0.6 is 11.6 Å². The molecule has 1 unspecified atom stereocenters. The Morgan fingerprint density at radius 3 is 2.47 bits per heavy atom. The quantitative estimate of drug-likeness (QED) is 0.891. The minimum Gasteiger partial charge on any atom is -0.329 e. The molecule has 0 bridgehead atoms. The molecule has 0 fully saturated rings. The smallest absolute Gasteiger partial charge is 0.329 e. The minimum absolute atomic E-state index is 0.113. The molecule has 1 rings (SSSR count). The van der Waals surface area contributed by atoms with E-state index in [9.17, 15) is 18.0 Å². The summed E-state index contributed by atoms with van der Waals surface area (Å²) < 4.78 is 36.0. The highest BCUT2D eigenvalue weighted by Crippen LogP contribution is 2.23. The van der Waals surface area contributed by atoms with Crippen molar-refractivity contribution in [2.24, 2.45) is 0 Å². The Morgan fingerprint density at radius 1 is 1.41 bits per heavy atom. The molecule has 0 saturated heterocycles. The van der Waals surface area contributed by atoms with Crippen LogP contribution in [-0.2, 0) is 4.79 Å². The molecule has 17 heavy (non-hydrogen) atoms. The largest absolute Gasteiger partial charge is 0.471 e. The van der Waals surface area contributed by atoms with Crippen LogP contribution in [-0.4, -0.2) is 12.1 Å². The zero-order chi connectivity index (χ0) is 13.1. The van der Waals surface area contributed by atoms with Crippen molar-refractivity contribution in [3.63, 3.8) is 0 Å². The lowest BCUT2D eigenvalue weighted by molar-refractivity contribution is -0.174. The maximum absolute atomic E-state index is 12.0. The number of nitrogens with zero attached hydrogens (tertiary/aromatic N) is 1. The van der Waals surface area contributed by atoms with E-state index in [1.54, 1.807) is 17.5 Å². The maximum Gasteiger partial charge on any atom is 0.471 e. The molecule has 0 aliphatic heterocycles. The summed E-state index contributed by atoms with van der Waals surface area (Å²) in [6.45, 7) is 0. The number of benzene rings is 1. The second kappa shape index (κ2) is 5.06. The first-order valence-electron chi connectivity index (χ1n) is 4.38. The lowest BCUT2D eigenvalue weighted by Gasteiger charge is -2.14. The van der Waals surface area contributed by atoms with E-state index in [0.29, 0.717) is 0 Å². The standard InChI is InChI=1S/C10H6ClF3N2O/c11-7-4-2-1-3-6(7)8(5-15)16-9(17)10(12,13)14/h1-4,8H,(H,16,17). The van der Waals surface area contributed by atoms with Gasteiger partial charge in [-0.2, -0.15) is 18.4 Å². The Morgan fingerprint density at radius 2 is 2.00 bits per heavy atom. The van der Waals surface area contributed by atoms with Gasteiger partial charge in [0, 0.05) is 10.6 Å². The summed E-state index contributed by atoms with van der Waals surface area (Å²) in [6.07, 6.45) is -5.03. The molecule has 0 saturated carbocycles. The van der Waals surface area contributed by atoms with Crippen LogP contribution in [0.1, 0.15) is 11.6 Å². The molecule has 90 valence electrons. The molecule has 1 aromatic carbocycles. The fraction of sp³-hybridized carbons (Fsp3) is 0.200. The van der Waals surface area contributed by atoms with Gasteiger partial charge in [0.2, 0.25) is 0 Å². The SMILES string of the molecule is N#CC(NC(=O)C(F)(F)F)c1ccccc1Cl. The molecule has 3 nitrogen and oxygen atoms in total. The Bertz CT molecular complexity index is 467. The Labute approximate surface area is 99.8 Å². The molecule has 1 N–H and O–H groups in total. The Kier molecular flexibility index (Phi) is 3.97. The number of carbonyl (C=O) groups excluding carboxylic acids is 1. The van der Waals surface area contributed by atoms with Crippen molar-refractivity contribution in [3.05, 3.63) is 34.9 Å². The average Bonchev–Trinajstić information content (AvgIpc) is 2.25. The van der Waals surface area contributed by atoms with Crippen LogP contribution < -0.4 is 5.32 Å². The summed E-state index contributed by atoms with van der Waals surface area (Å²) in [5.74, 6) is -2.18. The van der Waals surface area contributed by atoms with Crippen molar-refractivity contribution in [2.45, 2.75) is 12.2 Å². The number of amides is 1. The summed E-state index contributed by atoms with van der Waals surface area (Å²) in [6, 6.07) is 5.97. The maximum atomic E-state index is 12.0. The molecule has 0 radical (unpaired) electrons. The Hall–Kier alpha value is -1.74. The zero-order valence-corrected chi connectivity index (χ0v) is 9.01. The first-order valence-corrected chi connectivity index (χ1v) is 4.76. The summed E-state index contributed by atoms with van der Waals surface area (Å²) in [5.41, 5.74) is 0.120. The summed E-state index contributed by atoms with van der Waals surface area (Å²) in [4.78, 5) is 10.7. The number of carbonyl (C=O) groups is 1. The van der Waals surface area contributed by atoms with Gasteiger partial charge in [0.25, 0.3) is 0 Å². The molecule has 7 heteroatoms. The molecule has 0 spiro atoms. The topological polar surface area (TPSA) is 52.9 Å². The minimum atomic E-state index is -5.03. The van der Waals surface area contributed by atoms with Crippen LogP contribution in [0.3, 0.4) is 0 Å². The van der Waals surface area contributed by atoms with Gasteiger partial charge in [0.15, 0.2) is 0 Å². The number of nitrogens with one attached hydrogen (secondary N) is 1. The molecule has 0 aliphatic rings. The van der Waals surface area contributed by atoms with Crippen molar-refractivity contribution in [1.29, 1.82) is 5.26 Å². The van der Waals surface area contributed by atoms with Crippen molar-refractivity contribution in [3.8, 4) is 6.07 Å². The highest BCUT2D eigenvalue weighted by molar-refractivity contribution is 6.31. The monoisotopic (exact) mass is 262 g/mol. The third-order valence-corrected chi connectivity index (χ3v) is 2.22. The number of halogens is 4. The van der Waals surface area contributed by atoms with Crippen molar-refractivity contribution in [2.75, 3.05) is 0 Å². The highest BCUT2D eigenvalue weighted by atomic mass is 35.5. The lowest BCUT2D eigenvalue weighted by Crippen LogP contribution is -2.38. The third-order valence-electron chi connectivity index (χ3n) is 1.88. The molecule has 0 heterocycles. The molecule has 1 atom stereocenters. The molecular formula is C10H6ClF3N2O. The van der Waals surface area contributed by atoms with E-state index in [4.69, 9.17) is 16.9 Å². The third kappa shape index (κ3) is 3.36. The van der Waals surface area contributed by atoms with Gasteiger partial charge < -0.3 is 5.32 Å². The van der Waals surface area contributed by atoms with Gasteiger partial charge in [0.05, 0.1) is 6.07 Å². The molecular weight excluding hydrogens is 257 g/mol. The van der Waals surface area contributed by atoms with Gasteiger partial charge >= 0.3 is 12.1 Å². The average molecular weight is 263 g/mol. The molecule has 1 aromatic rings. The van der Waals surface area contributed by atoms with E-state index in [1.165, 1.54) is 18.2 Å². The van der Waals surface area contributed by atoms with Crippen LogP contribution in [0.5, 0.6) is 0 Å². The predicted molar refractivity (Wildman–Crippen MR) is 54.0 cm³/mol. The van der Waals surface area contributed by atoms with Gasteiger partial charge in [0.1, 0.15) is 6.04 Å². The summed E-state index contributed by atoms with van der Waals surface area (Å²) in [7, 11) is 0. The lowest BCUT2D eigenvalue weighted by atomic mass is 10.1. The van der Waals surface area contributed by atoms with Gasteiger partial charge in [-0.1, -0.05) is 29.8 Å². The van der Waals surface area contributed by atoms with E-state index >= 15 is 0 Å². The van der Waals surface area contributed by atoms with Gasteiger partial charge in [-0.3, -0.25) is 4.79 Å². The van der Waals surface area contributed by atoms with E-state index in [-0.39, 0.29) is 10.6 Å². The number of rotatable bonds is 2. The van der Waals surface area contributed by atoms with Crippen molar-refractivity contribution >= 4 is 17.5 Å². The van der Waals surface area contributed by atoms with E-state index in [1.807, 2.05) is 0 Å². The molecule has 0 aromatic heterocycles. The Balaban J connectivity index is 2.93. The second-order valence-electron chi connectivity index (χ2n) is 3.05. The van der Waals surface area contributed by atoms with Gasteiger partial charge in [-0.05, 0) is 6.07 Å². The van der Waals surface area contributed by atoms with E-state index in [0.717, 1.165) is 0 Å². The summed E-state index contributed by atoms with van der Waals surface area (Å²) in [5, 5.41) is 10.4. The van der Waals surface area contributed by atoms with Crippen molar-refractivity contribution < 1.29 is 18.0 Å². The van der Waals surface area contributed by atoms with E-state index in [2.05, 4.69) is 0 Å². The van der Waals surface area contributed by atoms with Crippen LogP contribution in [0, 0.1) is 11.3 Å². The predicted octanol–water partition coefficient (Wildman–Crippen LogP) is 2.58. The van der Waals surface area contributed by atoms with Crippen LogP contribution in [0.15, 0.2) is 24.3 Å². The number of hydrogen-bond acceptors (Lipinski definition) is 2. The second-order valence-corrected chi connectivity index (χ2v) is 3.46. The van der Waals surface area contributed by atoms with Crippen LogP contribution in [0.2, 0.25) is 5.02 Å². The van der Waals surface area contributed by atoms with Gasteiger partial charge in [-0.25, -0.2) is 0 Å². The summed E-state index contributed by atoms with van der Waals surface area (Å²) >= 11 is 5.71.